The molecule has 0 aliphatic heterocycles. The van der Waals surface area contributed by atoms with Gasteiger partial charge in [-0.25, -0.2) is 0 Å². The van der Waals surface area contributed by atoms with Gasteiger partial charge in [0.1, 0.15) is 5.54 Å². The van der Waals surface area contributed by atoms with Crippen molar-refractivity contribution < 1.29 is 9.59 Å². The van der Waals surface area contributed by atoms with Crippen LogP contribution in [-0.2, 0) is 16.0 Å². The van der Waals surface area contributed by atoms with Crippen LogP contribution in [0.5, 0.6) is 0 Å². The van der Waals surface area contributed by atoms with E-state index >= 15 is 0 Å². The van der Waals surface area contributed by atoms with Crippen LogP contribution in [0.15, 0.2) is 48.7 Å². The fourth-order valence-corrected chi connectivity index (χ4v) is 4.57. The van der Waals surface area contributed by atoms with Gasteiger partial charge in [0.15, 0.2) is 0 Å². The van der Waals surface area contributed by atoms with E-state index in [0.29, 0.717) is 12.8 Å². The van der Waals surface area contributed by atoms with Crippen molar-refractivity contribution in [1.29, 1.82) is 0 Å². The number of H-pyrrole nitrogens is 1. The second-order valence-corrected chi connectivity index (χ2v) is 8.45. The van der Waals surface area contributed by atoms with Gasteiger partial charge in [-0.05, 0) is 49.4 Å². The highest BCUT2D eigenvalue weighted by atomic mass is 16.2. The van der Waals surface area contributed by atoms with Gasteiger partial charge in [0.05, 0.1) is 6.42 Å². The zero-order chi connectivity index (χ0) is 21.1. The molecule has 30 heavy (non-hydrogen) atoms. The largest absolute Gasteiger partial charge is 0.361 e. The quantitative estimate of drug-likeness (QED) is 0.573. The Hall–Kier alpha value is -3.08. The van der Waals surface area contributed by atoms with Crippen LogP contribution in [0.2, 0.25) is 0 Å². The molecule has 2 amide bonds. The Bertz CT molecular complexity index is 1060. The Morgan fingerprint density at radius 2 is 1.67 bits per heavy atom. The van der Waals surface area contributed by atoms with Gasteiger partial charge in [0, 0.05) is 22.8 Å². The molecular formula is C25H29N3O2. The molecule has 5 nitrogen and oxygen atoms in total. The van der Waals surface area contributed by atoms with Crippen LogP contribution in [-0.4, -0.2) is 22.3 Å². The maximum Gasteiger partial charge on any atom is 0.250 e. The Kier molecular flexibility index (Phi) is 5.62. The summed E-state index contributed by atoms with van der Waals surface area (Å²) in [6.45, 7) is 3.98. The first kappa shape index (κ1) is 20.2. The van der Waals surface area contributed by atoms with E-state index in [4.69, 9.17) is 0 Å². The van der Waals surface area contributed by atoms with Crippen molar-refractivity contribution in [1.82, 2.24) is 10.3 Å². The number of aryl methyl sites for hydroxylation is 2. The normalized spacial score (nSPS) is 15.7. The van der Waals surface area contributed by atoms with Crippen molar-refractivity contribution in [3.8, 4) is 0 Å². The first-order valence-corrected chi connectivity index (χ1v) is 10.7. The van der Waals surface area contributed by atoms with Gasteiger partial charge in [0.2, 0.25) is 11.8 Å². The molecular weight excluding hydrogens is 374 g/mol. The first-order chi connectivity index (χ1) is 14.5. The number of fused-ring (bicyclic) bond motifs is 1. The maximum absolute atomic E-state index is 13.4. The molecule has 1 heterocycles. The number of carbonyl (C=O) groups excluding carboxylic acids is 2. The highest BCUT2D eigenvalue weighted by Crippen LogP contribution is 2.31. The van der Waals surface area contributed by atoms with Gasteiger partial charge in [-0.2, -0.15) is 0 Å². The number of rotatable bonds is 5. The van der Waals surface area contributed by atoms with E-state index in [0.717, 1.165) is 52.5 Å². The van der Waals surface area contributed by atoms with Crippen LogP contribution in [0.3, 0.4) is 0 Å². The molecule has 5 heteroatoms. The summed E-state index contributed by atoms with van der Waals surface area (Å²) in [5.41, 5.74) is 4.01. The summed E-state index contributed by atoms with van der Waals surface area (Å²) in [5, 5.41) is 7.30. The average Bonchev–Trinajstić information content (AvgIpc) is 3.14. The number of aromatic nitrogens is 1. The Balaban J connectivity index is 1.54. The smallest absolute Gasteiger partial charge is 0.250 e. The highest BCUT2D eigenvalue weighted by Gasteiger charge is 2.41. The zero-order valence-electron chi connectivity index (χ0n) is 17.7. The van der Waals surface area contributed by atoms with Gasteiger partial charge >= 0.3 is 0 Å². The van der Waals surface area contributed by atoms with Crippen molar-refractivity contribution in [2.75, 3.05) is 5.32 Å². The molecule has 3 N–H and O–H groups in total. The van der Waals surface area contributed by atoms with Gasteiger partial charge < -0.3 is 15.6 Å². The lowest BCUT2D eigenvalue weighted by molar-refractivity contribution is -0.131. The van der Waals surface area contributed by atoms with E-state index in [-0.39, 0.29) is 18.2 Å². The third-order valence-electron chi connectivity index (χ3n) is 6.27. The number of hydrogen-bond donors (Lipinski definition) is 3. The van der Waals surface area contributed by atoms with Gasteiger partial charge in [0.25, 0.3) is 0 Å². The van der Waals surface area contributed by atoms with Crippen molar-refractivity contribution in [2.45, 2.75) is 57.9 Å². The molecule has 1 aliphatic carbocycles. The van der Waals surface area contributed by atoms with Crippen LogP contribution >= 0.6 is 0 Å². The lowest BCUT2D eigenvalue weighted by Crippen LogP contribution is -2.58. The molecule has 0 saturated heterocycles. The highest BCUT2D eigenvalue weighted by molar-refractivity contribution is 6.02. The molecule has 156 valence electrons. The molecule has 0 bridgehead atoms. The fraction of sp³-hybridized carbons (Fsp3) is 0.360. The van der Waals surface area contributed by atoms with Crippen molar-refractivity contribution in [2.24, 2.45) is 0 Å². The second kappa shape index (κ2) is 8.34. The summed E-state index contributed by atoms with van der Waals surface area (Å²) in [6, 6.07) is 13.9. The van der Waals surface area contributed by atoms with Crippen molar-refractivity contribution in [3.63, 3.8) is 0 Å². The predicted molar refractivity (Wildman–Crippen MR) is 121 cm³/mol. The SMILES string of the molecule is Cc1cccc(C)c1NC(=O)C1(NC(=O)Cc2c[nH]c3ccccc23)CCCCC1. The number of benzene rings is 2. The molecule has 1 aromatic heterocycles. The number of aromatic amines is 1. The third kappa shape index (κ3) is 3.97. The molecule has 1 fully saturated rings. The lowest BCUT2D eigenvalue weighted by Gasteiger charge is -2.37. The zero-order valence-corrected chi connectivity index (χ0v) is 17.7. The van der Waals surface area contributed by atoms with Crippen LogP contribution in [0, 0.1) is 13.8 Å². The number of anilines is 1. The summed E-state index contributed by atoms with van der Waals surface area (Å²) in [6.07, 6.45) is 6.45. The van der Waals surface area contributed by atoms with E-state index in [9.17, 15) is 9.59 Å². The molecule has 1 saturated carbocycles. The number of para-hydroxylation sites is 2. The molecule has 0 unspecified atom stereocenters. The molecule has 0 atom stereocenters. The van der Waals surface area contributed by atoms with Crippen LogP contribution in [0.25, 0.3) is 10.9 Å². The van der Waals surface area contributed by atoms with E-state index in [1.165, 1.54) is 0 Å². The second-order valence-electron chi connectivity index (χ2n) is 8.45. The molecule has 0 radical (unpaired) electrons. The topological polar surface area (TPSA) is 74.0 Å². The number of carbonyl (C=O) groups is 2. The van der Waals surface area contributed by atoms with E-state index in [2.05, 4.69) is 15.6 Å². The van der Waals surface area contributed by atoms with Crippen LogP contribution < -0.4 is 10.6 Å². The molecule has 3 aromatic rings. The summed E-state index contributed by atoms with van der Waals surface area (Å²) < 4.78 is 0. The minimum Gasteiger partial charge on any atom is -0.361 e. The monoisotopic (exact) mass is 403 g/mol. The van der Waals surface area contributed by atoms with Gasteiger partial charge in [-0.3, -0.25) is 9.59 Å². The summed E-state index contributed by atoms with van der Waals surface area (Å²) >= 11 is 0. The molecule has 2 aromatic carbocycles. The van der Waals surface area contributed by atoms with E-state index in [1.54, 1.807) is 0 Å². The molecule has 0 spiro atoms. The minimum atomic E-state index is -0.851. The predicted octanol–water partition coefficient (Wildman–Crippen LogP) is 4.79. The first-order valence-electron chi connectivity index (χ1n) is 10.7. The minimum absolute atomic E-state index is 0.105. The van der Waals surface area contributed by atoms with Gasteiger partial charge in [-0.1, -0.05) is 55.7 Å². The standard InChI is InChI=1S/C25H29N3O2/c1-17-9-8-10-18(2)23(17)27-24(30)25(13-6-3-7-14-25)28-22(29)15-19-16-26-21-12-5-4-11-20(19)21/h4-5,8-12,16,26H,3,6-7,13-15H2,1-2H3,(H,27,30)(H,28,29). The molecule has 1 aliphatic rings. The fourth-order valence-electron chi connectivity index (χ4n) is 4.57. The van der Waals surface area contributed by atoms with Crippen LogP contribution in [0.4, 0.5) is 5.69 Å². The Morgan fingerprint density at radius 1 is 0.967 bits per heavy atom. The van der Waals surface area contributed by atoms with Crippen molar-refractivity contribution in [3.05, 3.63) is 65.4 Å². The van der Waals surface area contributed by atoms with Gasteiger partial charge in [-0.15, -0.1) is 0 Å². The number of hydrogen-bond acceptors (Lipinski definition) is 2. The van der Waals surface area contributed by atoms with Crippen LogP contribution in [0.1, 0.15) is 48.8 Å². The maximum atomic E-state index is 13.4. The number of amides is 2. The summed E-state index contributed by atoms with van der Waals surface area (Å²) in [5.74, 6) is -0.217. The third-order valence-corrected chi connectivity index (χ3v) is 6.27. The number of nitrogens with one attached hydrogen (secondary N) is 3. The molecule has 4 rings (SSSR count). The summed E-state index contributed by atoms with van der Waals surface area (Å²) in [4.78, 5) is 29.6. The Morgan fingerprint density at radius 3 is 2.40 bits per heavy atom. The summed E-state index contributed by atoms with van der Waals surface area (Å²) in [7, 11) is 0. The van der Waals surface area contributed by atoms with E-state index < -0.39 is 5.54 Å². The van der Waals surface area contributed by atoms with E-state index in [1.807, 2.05) is 62.5 Å². The van der Waals surface area contributed by atoms with Crippen molar-refractivity contribution >= 4 is 28.4 Å². The average molecular weight is 404 g/mol. The lowest BCUT2D eigenvalue weighted by atomic mass is 9.80. The Labute approximate surface area is 177 Å².